The van der Waals surface area contributed by atoms with Crippen LogP contribution in [0.25, 0.3) is 0 Å². The van der Waals surface area contributed by atoms with Gasteiger partial charge in [0.15, 0.2) is 0 Å². The van der Waals surface area contributed by atoms with Crippen molar-refractivity contribution in [2.24, 2.45) is 0 Å². The van der Waals surface area contributed by atoms with Crippen LogP contribution in [0.2, 0.25) is 0 Å². The molecule has 5 heteroatoms. The lowest BCUT2D eigenvalue weighted by molar-refractivity contribution is 1.19. The summed E-state index contributed by atoms with van der Waals surface area (Å²) in [4.78, 5) is 8.67. The maximum Gasteiger partial charge on any atom is 0.137 e. The van der Waals surface area contributed by atoms with Gasteiger partial charge >= 0.3 is 0 Å². The molecule has 0 bridgehead atoms. The van der Waals surface area contributed by atoms with Gasteiger partial charge in [0.2, 0.25) is 0 Å². The van der Waals surface area contributed by atoms with Crippen molar-refractivity contribution >= 4 is 23.3 Å². The molecule has 2 heterocycles. The van der Waals surface area contributed by atoms with Crippen LogP contribution in [0.5, 0.6) is 0 Å². The van der Waals surface area contributed by atoms with Gasteiger partial charge in [-0.1, -0.05) is 6.07 Å². The zero-order valence-electron chi connectivity index (χ0n) is 10.8. The van der Waals surface area contributed by atoms with E-state index in [2.05, 4.69) is 20.6 Å². The molecule has 0 aliphatic heterocycles. The van der Waals surface area contributed by atoms with E-state index in [0.717, 1.165) is 28.6 Å². The molecule has 2 aromatic heterocycles. The molecule has 0 spiro atoms. The van der Waals surface area contributed by atoms with Crippen molar-refractivity contribution in [1.82, 2.24) is 9.97 Å². The highest BCUT2D eigenvalue weighted by Crippen LogP contribution is 2.22. The van der Waals surface area contributed by atoms with Gasteiger partial charge in [0.1, 0.15) is 23.3 Å². The van der Waals surface area contributed by atoms with E-state index in [1.165, 1.54) is 0 Å². The Morgan fingerprint density at radius 1 is 1.11 bits per heavy atom. The first kappa shape index (κ1) is 12.2. The first-order valence-corrected chi connectivity index (χ1v) is 5.75. The minimum atomic E-state index is 0.505. The van der Waals surface area contributed by atoms with E-state index in [0.29, 0.717) is 5.82 Å². The normalized spacial score (nSPS) is 10.2. The molecular formula is C13H17N5. The third-order valence-corrected chi connectivity index (χ3v) is 2.80. The number of hydrogen-bond donors (Lipinski definition) is 3. The maximum absolute atomic E-state index is 5.75. The van der Waals surface area contributed by atoms with Crippen LogP contribution in [0, 0.1) is 13.8 Å². The molecule has 0 aliphatic carbocycles. The number of nitrogens with two attached hydrogens (primary N) is 1. The number of rotatable bonds is 3. The van der Waals surface area contributed by atoms with Crippen LogP contribution in [0.15, 0.2) is 24.3 Å². The van der Waals surface area contributed by atoms with E-state index in [1.807, 2.05) is 45.2 Å². The number of hydrogen-bond acceptors (Lipinski definition) is 5. The van der Waals surface area contributed by atoms with Crippen LogP contribution < -0.4 is 16.4 Å². The van der Waals surface area contributed by atoms with Gasteiger partial charge in [0.25, 0.3) is 0 Å². The summed E-state index contributed by atoms with van der Waals surface area (Å²) in [6.07, 6.45) is 0. The average Bonchev–Trinajstić information content (AvgIpc) is 2.35. The molecule has 4 N–H and O–H groups in total. The van der Waals surface area contributed by atoms with E-state index in [4.69, 9.17) is 5.73 Å². The molecule has 0 fully saturated rings. The van der Waals surface area contributed by atoms with Gasteiger partial charge in [-0.3, -0.25) is 0 Å². The highest BCUT2D eigenvalue weighted by Gasteiger charge is 2.06. The number of aryl methyl sites for hydroxylation is 1. The second kappa shape index (κ2) is 4.91. The maximum atomic E-state index is 5.75. The topological polar surface area (TPSA) is 75.9 Å². The smallest absolute Gasteiger partial charge is 0.137 e. The van der Waals surface area contributed by atoms with Crippen LogP contribution in [-0.2, 0) is 0 Å². The number of nitrogens with zero attached hydrogens (tertiary/aromatic N) is 2. The summed E-state index contributed by atoms with van der Waals surface area (Å²) < 4.78 is 0. The summed E-state index contributed by atoms with van der Waals surface area (Å²) in [5.74, 6) is 2.79. The lowest BCUT2D eigenvalue weighted by atomic mass is 10.1. The molecule has 0 saturated carbocycles. The van der Waals surface area contributed by atoms with Crippen molar-refractivity contribution in [2.75, 3.05) is 23.4 Å². The zero-order chi connectivity index (χ0) is 13.1. The molecule has 0 aromatic carbocycles. The fraction of sp³-hybridized carbons (Fsp3) is 0.231. The second-order valence-electron chi connectivity index (χ2n) is 4.12. The van der Waals surface area contributed by atoms with Gasteiger partial charge in [-0.05, 0) is 43.2 Å². The quantitative estimate of drug-likeness (QED) is 0.772. The van der Waals surface area contributed by atoms with Gasteiger partial charge in [0, 0.05) is 7.05 Å². The molecule has 0 atom stereocenters. The van der Waals surface area contributed by atoms with Gasteiger partial charge < -0.3 is 16.4 Å². The van der Waals surface area contributed by atoms with E-state index in [-0.39, 0.29) is 0 Å². The molecule has 0 saturated heterocycles. The Labute approximate surface area is 106 Å². The summed E-state index contributed by atoms with van der Waals surface area (Å²) in [5.41, 5.74) is 7.93. The van der Waals surface area contributed by atoms with Gasteiger partial charge in [-0.2, -0.15) is 0 Å². The molecule has 5 nitrogen and oxygen atoms in total. The van der Waals surface area contributed by atoms with Crippen molar-refractivity contribution < 1.29 is 0 Å². The Bertz CT molecular complexity index is 565. The van der Waals surface area contributed by atoms with Gasteiger partial charge in [-0.25, -0.2) is 9.97 Å². The largest absolute Gasteiger partial charge is 0.384 e. The SMILES string of the molecule is CNc1cccc(Nc2nc(N)cc(C)c2C)n1. The predicted octanol–water partition coefficient (Wildman–Crippen LogP) is 2.46. The Morgan fingerprint density at radius 3 is 2.56 bits per heavy atom. The third-order valence-electron chi connectivity index (χ3n) is 2.80. The van der Waals surface area contributed by atoms with Crippen LogP contribution in [0.3, 0.4) is 0 Å². The van der Waals surface area contributed by atoms with E-state index < -0.39 is 0 Å². The average molecular weight is 243 g/mol. The van der Waals surface area contributed by atoms with Gasteiger partial charge in [-0.15, -0.1) is 0 Å². The third kappa shape index (κ3) is 2.51. The van der Waals surface area contributed by atoms with Crippen LogP contribution >= 0.6 is 0 Å². The fourth-order valence-electron chi connectivity index (χ4n) is 1.65. The van der Waals surface area contributed by atoms with Gasteiger partial charge in [0.05, 0.1) is 0 Å². The van der Waals surface area contributed by atoms with Crippen molar-refractivity contribution in [3.05, 3.63) is 35.4 Å². The van der Waals surface area contributed by atoms with E-state index in [9.17, 15) is 0 Å². The minimum Gasteiger partial charge on any atom is -0.384 e. The first-order valence-electron chi connectivity index (χ1n) is 5.75. The first-order chi connectivity index (χ1) is 8.60. The molecule has 0 radical (unpaired) electrons. The molecule has 0 aliphatic rings. The number of nitrogen functional groups attached to an aromatic ring is 1. The zero-order valence-corrected chi connectivity index (χ0v) is 10.8. The number of nitrogens with one attached hydrogen (secondary N) is 2. The molecule has 94 valence electrons. The van der Waals surface area contributed by atoms with Crippen molar-refractivity contribution in [2.45, 2.75) is 13.8 Å². The Kier molecular flexibility index (Phi) is 3.32. The molecule has 18 heavy (non-hydrogen) atoms. The lowest BCUT2D eigenvalue weighted by Crippen LogP contribution is -2.03. The fourth-order valence-corrected chi connectivity index (χ4v) is 1.65. The summed E-state index contributed by atoms with van der Waals surface area (Å²) in [6, 6.07) is 7.57. The van der Waals surface area contributed by atoms with Crippen LogP contribution in [0.4, 0.5) is 23.3 Å². The number of aromatic nitrogens is 2. The lowest BCUT2D eigenvalue weighted by Gasteiger charge is -2.11. The molecular weight excluding hydrogens is 226 g/mol. The summed E-state index contributed by atoms with van der Waals surface area (Å²) in [5, 5.41) is 6.18. The summed E-state index contributed by atoms with van der Waals surface area (Å²) in [6.45, 7) is 4.02. The Morgan fingerprint density at radius 2 is 1.83 bits per heavy atom. The van der Waals surface area contributed by atoms with Crippen LogP contribution in [0.1, 0.15) is 11.1 Å². The standard InChI is InChI=1S/C13H17N5/c1-8-7-10(14)16-13(9(8)2)18-12-6-4-5-11(15-3)17-12/h4-7H,1-3H3,(H4,14,15,16,17,18). The van der Waals surface area contributed by atoms with Crippen molar-refractivity contribution in [3.63, 3.8) is 0 Å². The summed E-state index contributed by atoms with van der Waals surface area (Å²) in [7, 11) is 1.83. The van der Waals surface area contributed by atoms with E-state index >= 15 is 0 Å². The van der Waals surface area contributed by atoms with Crippen molar-refractivity contribution in [3.8, 4) is 0 Å². The predicted molar refractivity (Wildman–Crippen MR) is 75.2 cm³/mol. The van der Waals surface area contributed by atoms with E-state index in [1.54, 1.807) is 0 Å². The Balaban J connectivity index is 2.33. The highest BCUT2D eigenvalue weighted by atomic mass is 15.1. The molecule has 2 rings (SSSR count). The Hall–Kier alpha value is -2.30. The number of anilines is 4. The molecule has 0 amide bonds. The molecule has 0 unspecified atom stereocenters. The number of pyridine rings is 2. The van der Waals surface area contributed by atoms with Crippen molar-refractivity contribution in [1.29, 1.82) is 0 Å². The summed E-state index contributed by atoms with van der Waals surface area (Å²) >= 11 is 0. The van der Waals surface area contributed by atoms with Crippen LogP contribution in [-0.4, -0.2) is 17.0 Å². The monoisotopic (exact) mass is 243 g/mol. The highest BCUT2D eigenvalue weighted by molar-refractivity contribution is 5.61. The minimum absolute atomic E-state index is 0.505. The second-order valence-corrected chi connectivity index (χ2v) is 4.12. The molecule has 2 aromatic rings.